The predicted octanol–water partition coefficient (Wildman–Crippen LogP) is 6.62. The Morgan fingerprint density at radius 3 is 2.83 bits per heavy atom. The second-order valence-corrected chi connectivity index (χ2v) is 8.57. The average Bonchev–Trinajstić information content (AvgIpc) is 3.26. The fourth-order valence-corrected chi connectivity index (χ4v) is 3.96. The Labute approximate surface area is 208 Å². The number of fused-ring (bicyclic) bond motifs is 1. The van der Waals surface area contributed by atoms with E-state index in [2.05, 4.69) is 21.5 Å². The molecule has 0 aliphatic carbocycles. The highest BCUT2D eigenvalue weighted by atomic mass is 35.5. The van der Waals surface area contributed by atoms with Crippen LogP contribution in [0.2, 0.25) is 5.02 Å². The maximum atomic E-state index is 14.6. The highest BCUT2D eigenvalue weighted by Gasteiger charge is 2.21. The molecular formula is C28H25ClFN5. The molecule has 0 bridgehead atoms. The van der Waals surface area contributed by atoms with Crippen LogP contribution >= 0.6 is 11.6 Å². The predicted molar refractivity (Wildman–Crippen MR) is 145 cm³/mol. The number of nitrogens with one attached hydrogen (secondary N) is 1. The zero-order valence-corrected chi connectivity index (χ0v) is 20.1. The van der Waals surface area contributed by atoms with Crippen LogP contribution in [-0.4, -0.2) is 29.2 Å². The lowest BCUT2D eigenvalue weighted by molar-refractivity contribution is 0.625. The number of nitrogens with zero attached hydrogens (tertiary/aromatic N) is 3. The second kappa shape index (κ2) is 10.6. The second-order valence-electron chi connectivity index (χ2n) is 8.13. The van der Waals surface area contributed by atoms with Crippen LogP contribution in [0.5, 0.6) is 0 Å². The molecule has 35 heavy (non-hydrogen) atoms. The molecule has 5 nitrogen and oxygen atoms in total. The van der Waals surface area contributed by atoms with Crippen molar-refractivity contribution in [3.8, 4) is 0 Å². The normalized spacial score (nSPS) is 14.0. The monoisotopic (exact) mass is 485 g/mol. The molecular weight excluding hydrogens is 461 g/mol. The van der Waals surface area contributed by atoms with Gasteiger partial charge in [0.2, 0.25) is 0 Å². The van der Waals surface area contributed by atoms with E-state index in [1.807, 2.05) is 37.3 Å². The topological polar surface area (TPSA) is 87.5 Å². The van der Waals surface area contributed by atoms with Crippen molar-refractivity contribution in [2.75, 3.05) is 6.54 Å². The molecule has 0 spiro atoms. The minimum Gasteiger partial charge on any atom is -0.404 e. The molecule has 0 radical (unpaired) electrons. The standard InChI is InChI=1S/C28H25ClFN5/c1-3-23(32)8-9-33-15-21(14-31)20-12-19-11-18(4-7-27(19)34-16-20)24-10-17(2)35-28(24)25-13-22(29)5-6-26(25)30/h4-7,10-16,32H,2-3,8-9,31H2,1H3/b21-14+,32-23?,33-15?. The Bertz CT molecular complexity index is 1450. The zero-order chi connectivity index (χ0) is 24.9. The number of hydrogen-bond acceptors (Lipinski definition) is 5. The summed E-state index contributed by atoms with van der Waals surface area (Å²) < 4.78 is 14.6. The van der Waals surface area contributed by atoms with Crippen LogP contribution in [-0.2, 0) is 0 Å². The molecule has 0 atom stereocenters. The molecule has 3 N–H and O–H groups in total. The van der Waals surface area contributed by atoms with E-state index in [1.54, 1.807) is 18.5 Å². The van der Waals surface area contributed by atoms with E-state index in [0.29, 0.717) is 40.7 Å². The van der Waals surface area contributed by atoms with Crippen LogP contribution in [0.25, 0.3) is 22.0 Å². The SMILES string of the molecule is C=C1C=C(c2ccc3ncc(/C(C=NCCC(=N)CC)=C/N)cc3c2)C(c2cc(Cl)ccc2F)=N1. The van der Waals surface area contributed by atoms with Crippen molar-refractivity contribution in [3.05, 3.63) is 101 Å². The van der Waals surface area contributed by atoms with Gasteiger partial charge in [-0.25, -0.2) is 9.38 Å². The fraction of sp³-hybridized carbons (Fsp3) is 0.143. The molecule has 1 aliphatic rings. The Morgan fingerprint density at radius 2 is 2.06 bits per heavy atom. The first-order valence-electron chi connectivity index (χ1n) is 11.2. The quantitative estimate of drug-likeness (QED) is 0.351. The molecule has 2 heterocycles. The van der Waals surface area contributed by atoms with E-state index in [9.17, 15) is 4.39 Å². The van der Waals surface area contributed by atoms with E-state index in [-0.39, 0.29) is 0 Å². The number of pyridine rings is 1. The summed E-state index contributed by atoms with van der Waals surface area (Å²) in [7, 11) is 0. The molecule has 1 aromatic heterocycles. The highest BCUT2D eigenvalue weighted by Crippen LogP contribution is 2.32. The number of hydrogen-bond donors (Lipinski definition) is 2. The van der Waals surface area contributed by atoms with E-state index < -0.39 is 5.82 Å². The van der Waals surface area contributed by atoms with Gasteiger partial charge in [0.1, 0.15) is 5.82 Å². The molecule has 4 rings (SSSR count). The number of aliphatic imine (C=N–C) groups is 2. The molecule has 0 saturated heterocycles. The van der Waals surface area contributed by atoms with Crippen molar-refractivity contribution >= 4 is 51.3 Å². The first-order valence-corrected chi connectivity index (χ1v) is 11.6. The minimum absolute atomic E-state index is 0.329. The van der Waals surface area contributed by atoms with Crippen LogP contribution in [0.4, 0.5) is 4.39 Å². The van der Waals surface area contributed by atoms with Gasteiger partial charge in [0.25, 0.3) is 0 Å². The summed E-state index contributed by atoms with van der Waals surface area (Å²) in [6.07, 6.45) is 8.16. The fourth-order valence-electron chi connectivity index (χ4n) is 3.79. The number of halogens is 2. The number of aromatic nitrogens is 1. The van der Waals surface area contributed by atoms with Gasteiger partial charge < -0.3 is 11.1 Å². The van der Waals surface area contributed by atoms with Gasteiger partial charge in [0, 0.05) is 70.0 Å². The smallest absolute Gasteiger partial charge is 0.132 e. The lowest BCUT2D eigenvalue weighted by atomic mass is 9.95. The molecule has 1 aliphatic heterocycles. The van der Waals surface area contributed by atoms with Crippen molar-refractivity contribution < 1.29 is 4.39 Å². The number of benzene rings is 2. The average molecular weight is 486 g/mol. The third-order valence-corrected chi connectivity index (χ3v) is 5.95. The number of allylic oxidation sites excluding steroid dienone is 3. The van der Waals surface area contributed by atoms with E-state index in [0.717, 1.165) is 39.6 Å². The van der Waals surface area contributed by atoms with Crippen LogP contribution in [0.15, 0.2) is 83.2 Å². The summed E-state index contributed by atoms with van der Waals surface area (Å²) in [5.41, 5.74) is 11.9. The summed E-state index contributed by atoms with van der Waals surface area (Å²) >= 11 is 6.12. The van der Waals surface area contributed by atoms with Crippen LogP contribution in [0, 0.1) is 11.2 Å². The van der Waals surface area contributed by atoms with Crippen molar-refractivity contribution in [2.45, 2.75) is 19.8 Å². The van der Waals surface area contributed by atoms with Gasteiger partial charge in [-0.3, -0.25) is 9.98 Å². The van der Waals surface area contributed by atoms with E-state index >= 15 is 0 Å². The van der Waals surface area contributed by atoms with Gasteiger partial charge in [-0.05, 0) is 54.5 Å². The molecule has 3 aromatic rings. The summed E-state index contributed by atoms with van der Waals surface area (Å²) in [4.78, 5) is 13.5. The molecule has 2 aromatic carbocycles. The molecule has 0 amide bonds. The largest absolute Gasteiger partial charge is 0.404 e. The highest BCUT2D eigenvalue weighted by molar-refractivity contribution is 6.36. The number of rotatable bonds is 8. The van der Waals surface area contributed by atoms with Gasteiger partial charge in [-0.2, -0.15) is 0 Å². The third kappa shape index (κ3) is 5.44. The molecule has 0 saturated carbocycles. The van der Waals surface area contributed by atoms with Gasteiger partial charge in [0.15, 0.2) is 0 Å². The van der Waals surface area contributed by atoms with Gasteiger partial charge in [0.05, 0.1) is 16.9 Å². The molecule has 7 heteroatoms. The van der Waals surface area contributed by atoms with Crippen molar-refractivity contribution in [3.63, 3.8) is 0 Å². The van der Waals surface area contributed by atoms with Crippen molar-refractivity contribution in [1.29, 1.82) is 5.41 Å². The summed E-state index contributed by atoms with van der Waals surface area (Å²) in [5, 5.41) is 9.07. The first-order chi connectivity index (χ1) is 16.9. The van der Waals surface area contributed by atoms with Gasteiger partial charge in [-0.15, -0.1) is 0 Å². The Kier molecular flexibility index (Phi) is 7.32. The van der Waals surface area contributed by atoms with Crippen LogP contribution in [0.3, 0.4) is 0 Å². The van der Waals surface area contributed by atoms with Crippen LogP contribution in [0.1, 0.15) is 36.5 Å². The molecule has 0 fully saturated rings. The van der Waals surface area contributed by atoms with E-state index in [1.165, 1.54) is 18.3 Å². The Hall–Kier alpha value is -3.90. The van der Waals surface area contributed by atoms with E-state index in [4.69, 9.17) is 22.7 Å². The summed E-state index contributed by atoms with van der Waals surface area (Å²) in [6.45, 7) is 6.44. The Morgan fingerprint density at radius 1 is 1.23 bits per heavy atom. The zero-order valence-electron chi connectivity index (χ0n) is 19.4. The summed E-state index contributed by atoms with van der Waals surface area (Å²) in [5.74, 6) is -0.399. The molecule has 176 valence electrons. The molecule has 0 unspecified atom stereocenters. The van der Waals surface area contributed by atoms with Crippen LogP contribution < -0.4 is 5.73 Å². The first kappa shape index (κ1) is 24.2. The minimum atomic E-state index is -0.399. The maximum Gasteiger partial charge on any atom is 0.132 e. The lowest BCUT2D eigenvalue weighted by Gasteiger charge is -2.11. The van der Waals surface area contributed by atoms with Crippen molar-refractivity contribution in [2.24, 2.45) is 15.7 Å². The maximum absolute atomic E-state index is 14.6. The third-order valence-electron chi connectivity index (χ3n) is 5.71. The van der Waals surface area contributed by atoms with Gasteiger partial charge >= 0.3 is 0 Å². The lowest BCUT2D eigenvalue weighted by Crippen LogP contribution is -2.05. The van der Waals surface area contributed by atoms with Crippen molar-refractivity contribution in [1.82, 2.24) is 4.98 Å². The Balaban J connectivity index is 1.66. The summed E-state index contributed by atoms with van der Waals surface area (Å²) in [6, 6.07) is 12.2. The van der Waals surface area contributed by atoms with Gasteiger partial charge in [-0.1, -0.05) is 31.2 Å². The number of nitrogens with two attached hydrogens (primary N) is 1.